The number of rotatable bonds is 20. The molecule has 3 aromatic rings. The Kier molecular flexibility index (Phi) is 15.0. The summed E-state index contributed by atoms with van der Waals surface area (Å²) in [5, 5.41) is 12.6. The van der Waals surface area contributed by atoms with Gasteiger partial charge < -0.3 is 24.8 Å². The molecule has 7 nitrogen and oxygen atoms in total. The lowest BCUT2D eigenvalue weighted by Gasteiger charge is -2.27. The topological polar surface area (TPSA) is 88.1 Å². The second kappa shape index (κ2) is 18.9. The van der Waals surface area contributed by atoms with Crippen molar-refractivity contribution in [1.29, 1.82) is 0 Å². The molecular weight excluding hydrogens is 602 g/mol. The summed E-state index contributed by atoms with van der Waals surface area (Å²) >= 11 is 0. The molecule has 0 saturated carbocycles. The van der Waals surface area contributed by atoms with Crippen LogP contribution in [0.15, 0.2) is 66.7 Å². The Balaban J connectivity index is 1.56. The Bertz CT molecular complexity index is 1400. The molecule has 0 aliphatic carbocycles. The van der Waals surface area contributed by atoms with Gasteiger partial charge in [-0.3, -0.25) is 0 Å². The number of benzene rings is 3. The monoisotopic (exact) mass is 652 g/mol. The first-order valence-electron chi connectivity index (χ1n) is 16.8. The van der Waals surface area contributed by atoms with Crippen LogP contribution in [0.5, 0.6) is 11.5 Å². The fourth-order valence-corrected chi connectivity index (χ4v) is 5.24. The van der Waals surface area contributed by atoms with E-state index in [4.69, 9.17) is 9.47 Å². The first kappa shape index (κ1) is 37.3. The lowest BCUT2D eigenvalue weighted by molar-refractivity contribution is -0.153. The zero-order valence-corrected chi connectivity index (χ0v) is 28.2. The van der Waals surface area contributed by atoms with Crippen molar-refractivity contribution in [3.8, 4) is 11.5 Å². The highest BCUT2D eigenvalue weighted by atomic mass is 19.1. The van der Waals surface area contributed by atoms with Crippen molar-refractivity contribution >= 4 is 17.7 Å². The Hall–Kier alpha value is -4.14. The van der Waals surface area contributed by atoms with Crippen molar-refractivity contribution in [3.05, 3.63) is 89.5 Å². The molecular formula is C38H50F2N2O5. The van der Waals surface area contributed by atoms with Gasteiger partial charge in [0.15, 0.2) is 0 Å². The molecule has 256 valence electrons. The number of aliphatic carboxylic acids is 1. The van der Waals surface area contributed by atoms with Crippen LogP contribution in [-0.2, 0) is 11.2 Å². The van der Waals surface area contributed by atoms with Crippen LogP contribution in [0.4, 0.5) is 19.3 Å². The third-order valence-electron chi connectivity index (χ3n) is 8.18. The van der Waals surface area contributed by atoms with Gasteiger partial charge in [-0.15, -0.1) is 0 Å². The van der Waals surface area contributed by atoms with Crippen LogP contribution in [-0.4, -0.2) is 47.3 Å². The number of nitrogens with one attached hydrogen (secondary N) is 1. The summed E-state index contributed by atoms with van der Waals surface area (Å²) in [4.78, 5) is 26.9. The van der Waals surface area contributed by atoms with Gasteiger partial charge in [0.1, 0.15) is 29.7 Å². The molecule has 0 spiro atoms. The van der Waals surface area contributed by atoms with Gasteiger partial charge in [0.05, 0.1) is 12.2 Å². The number of anilines is 1. The SMILES string of the molecule is CCCCCCCCCCN(CCOc1ccc(CC(C)(Oc2ccc(C(C)C)cc2)C(=O)O)cc1)C(=O)Nc1ccc(F)cc1F. The third kappa shape index (κ3) is 12.5. The van der Waals surface area contributed by atoms with E-state index >= 15 is 0 Å². The average molecular weight is 653 g/mol. The highest BCUT2D eigenvalue weighted by Crippen LogP contribution is 2.26. The maximum atomic E-state index is 14.2. The molecule has 0 aliphatic heterocycles. The van der Waals surface area contributed by atoms with Gasteiger partial charge in [-0.2, -0.15) is 0 Å². The molecule has 2 amide bonds. The molecule has 0 heterocycles. The molecule has 2 N–H and O–H groups in total. The molecule has 9 heteroatoms. The van der Waals surface area contributed by atoms with E-state index in [9.17, 15) is 23.5 Å². The van der Waals surface area contributed by atoms with Crippen molar-refractivity contribution in [1.82, 2.24) is 4.90 Å². The number of amides is 2. The first-order valence-corrected chi connectivity index (χ1v) is 16.8. The first-order chi connectivity index (χ1) is 22.5. The summed E-state index contributed by atoms with van der Waals surface area (Å²) in [6, 6.07) is 17.1. The van der Waals surface area contributed by atoms with E-state index in [0.29, 0.717) is 24.0 Å². The molecule has 0 bridgehead atoms. The molecule has 3 aromatic carbocycles. The highest BCUT2D eigenvalue weighted by molar-refractivity contribution is 5.89. The number of carbonyl (C=O) groups is 2. The minimum Gasteiger partial charge on any atom is -0.492 e. The van der Waals surface area contributed by atoms with E-state index in [2.05, 4.69) is 26.1 Å². The molecule has 0 fully saturated rings. The van der Waals surface area contributed by atoms with Crippen molar-refractivity contribution in [2.24, 2.45) is 0 Å². The lowest BCUT2D eigenvalue weighted by atomic mass is 9.96. The number of urea groups is 1. The van der Waals surface area contributed by atoms with Gasteiger partial charge in [-0.05, 0) is 66.8 Å². The van der Waals surface area contributed by atoms with Gasteiger partial charge in [-0.1, -0.05) is 90.0 Å². The van der Waals surface area contributed by atoms with Crippen LogP contribution >= 0.6 is 0 Å². The summed E-state index contributed by atoms with van der Waals surface area (Å²) in [5.74, 6) is -1.21. The molecule has 47 heavy (non-hydrogen) atoms. The van der Waals surface area contributed by atoms with Crippen LogP contribution in [0, 0.1) is 11.6 Å². The number of carboxylic acid groups (broad SMARTS) is 1. The van der Waals surface area contributed by atoms with Gasteiger partial charge in [0, 0.05) is 19.0 Å². The van der Waals surface area contributed by atoms with Gasteiger partial charge >= 0.3 is 12.0 Å². The zero-order valence-electron chi connectivity index (χ0n) is 28.2. The summed E-state index contributed by atoms with van der Waals surface area (Å²) in [6.45, 7) is 8.85. The number of hydrogen-bond acceptors (Lipinski definition) is 4. The summed E-state index contributed by atoms with van der Waals surface area (Å²) < 4.78 is 39.5. The minimum atomic E-state index is -1.48. The maximum Gasteiger partial charge on any atom is 0.348 e. The van der Waals surface area contributed by atoms with Gasteiger partial charge in [0.2, 0.25) is 5.60 Å². The van der Waals surface area contributed by atoms with E-state index in [1.807, 2.05) is 12.1 Å². The van der Waals surface area contributed by atoms with E-state index in [1.54, 1.807) is 48.2 Å². The maximum absolute atomic E-state index is 14.2. The number of nitrogens with zero attached hydrogens (tertiary/aromatic N) is 1. The molecule has 1 unspecified atom stereocenters. The number of carboxylic acids is 1. The molecule has 0 saturated heterocycles. The van der Waals surface area contributed by atoms with Crippen LogP contribution in [0.25, 0.3) is 0 Å². The van der Waals surface area contributed by atoms with Crippen LogP contribution in [0.3, 0.4) is 0 Å². The van der Waals surface area contributed by atoms with E-state index < -0.39 is 29.2 Å². The Morgan fingerprint density at radius 1 is 0.851 bits per heavy atom. The second-order valence-corrected chi connectivity index (χ2v) is 12.5. The molecule has 0 aliphatic rings. The van der Waals surface area contributed by atoms with E-state index in [-0.39, 0.29) is 25.3 Å². The largest absolute Gasteiger partial charge is 0.492 e. The predicted molar refractivity (Wildman–Crippen MR) is 182 cm³/mol. The van der Waals surface area contributed by atoms with Gasteiger partial charge in [0.25, 0.3) is 0 Å². The molecule has 0 aromatic heterocycles. The number of ether oxygens (including phenoxy) is 2. The molecule has 3 rings (SSSR count). The number of halogens is 2. The Labute approximate surface area is 278 Å². The average Bonchev–Trinajstić information content (AvgIpc) is 3.03. The van der Waals surface area contributed by atoms with Crippen molar-refractivity contribution in [2.75, 3.05) is 25.0 Å². The van der Waals surface area contributed by atoms with Crippen molar-refractivity contribution in [3.63, 3.8) is 0 Å². The van der Waals surface area contributed by atoms with Crippen LogP contribution in [0.2, 0.25) is 0 Å². The fraction of sp³-hybridized carbons (Fsp3) is 0.474. The minimum absolute atomic E-state index is 0.0845. The van der Waals surface area contributed by atoms with E-state index in [0.717, 1.165) is 48.9 Å². The van der Waals surface area contributed by atoms with Crippen LogP contribution in [0.1, 0.15) is 96.1 Å². The zero-order chi connectivity index (χ0) is 34.2. The highest BCUT2D eigenvalue weighted by Gasteiger charge is 2.36. The standard InChI is InChI=1S/C38H50F2N2O5/c1-5-6-7-8-9-10-11-12-23-42(37(45)41-35-22-17-31(39)26-34(35)40)24-25-46-32-18-13-29(14-19-32)27-38(4,36(43)44)47-33-20-15-30(16-21-33)28(2)3/h13-22,26,28H,5-12,23-25,27H2,1-4H3,(H,41,45)(H,43,44). The van der Waals surface area contributed by atoms with E-state index in [1.165, 1.54) is 31.7 Å². The Morgan fingerprint density at radius 3 is 2.06 bits per heavy atom. The fourth-order valence-electron chi connectivity index (χ4n) is 5.24. The number of carbonyl (C=O) groups excluding carboxylic acids is 1. The lowest BCUT2D eigenvalue weighted by Crippen LogP contribution is -2.43. The normalized spacial score (nSPS) is 12.4. The number of unbranched alkanes of at least 4 members (excludes halogenated alkanes) is 7. The Morgan fingerprint density at radius 2 is 1.47 bits per heavy atom. The molecule has 1 atom stereocenters. The van der Waals surface area contributed by atoms with Gasteiger partial charge in [-0.25, -0.2) is 18.4 Å². The van der Waals surface area contributed by atoms with Crippen molar-refractivity contribution < 1.29 is 33.0 Å². The molecule has 0 radical (unpaired) electrons. The number of hydrogen-bond donors (Lipinski definition) is 2. The van der Waals surface area contributed by atoms with Crippen molar-refractivity contribution in [2.45, 2.75) is 97.0 Å². The summed E-state index contributed by atoms with van der Waals surface area (Å²) in [5.41, 5.74) is 0.343. The quantitative estimate of drug-likeness (QED) is 0.119. The predicted octanol–water partition coefficient (Wildman–Crippen LogP) is 9.61. The third-order valence-corrected chi connectivity index (χ3v) is 8.18. The smallest absolute Gasteiger partial charge is 0.348 e. The second-order valence-electron chi connectivity index (χ2n) is 12.5. The van der Waals surface area contributed by atoms with Crippen LogP contribution < -0.4 is 14.8 Å². The summed E-state index contributed by atoms with van der Waals surface area (Å²) in [7, 11) is 0. The summed E-state index contributed by atoms with van der Waals surface area (Å²) in [6.07, 6.45) is 9.08.